The van der Waals surface area contributed by atoms with E-state index in [-0.39, 0.29) is 23.8 Å². The van der Waals surface area contributed by atoms with Gasteiger partial charge in [-0.15, -0.1) is 0 Å². The monoisotopic (exact) mass is 314 g/mol. The number of nitrogens with one attached hydrogen (secondary N) is 2. The van der Waals surface area contributed by atoms with E-state index in [4.69, 9.17) is 0 Å². The van der Waals surface area contributed by atoms with E-state index in [9.17, 15) is 9.59 Å². The number of benzene rings is 1. The number of hydrogen-bond donors (Lipinski definition) is 2. The molecule has 2 aliphatic carbocycles. The average Bonchev–Trinajstić information content (AvgIpc) is 3.40. The molecule has 1 unspecified atom stereocenters. The van der Waals surface area contributed by atoms with Crippen molar-refractivity contribution in [1.29, 1.82) is 0 Å². The Kier molecular flexibility index (Phi) is 4.99. The molecule has 1 atom stereocenters. The van der Waals surface area contributed by atoms with E-state index in [1.165, 1.54) is 24.0 Å². The van der Waals surface area contributed by atoms with Gasteiger partial charge in [-0.25, -0.2) is 0 Å². The highest BCUT2D eigenvalue weighted by Crippen LogP contribution is 2.41. The molecule has 1 aromatic carbocycles. The first-order chi connectivity index (χ1) is 11.1. The number of aryl methyl sites for hydroxylation is 1. The van der Waals surface area contributed by atoms with E-state index in [2.05, 4.69) is 29.7 Å². The minimum atomic E-state index is 0.0887. The Morgan fingerprint density at radius 2 is 1.91 bits per heavy atom. The average molecular weight is 314 g/mol. The lowest BCUT2D eigenvalue weighted by molar-refractivity contribution is -0.124. The van der Waals surface area contributed by atoms with Crippen molar-refractivity contribution in [2.45, 2.75) is 51.5 Å². The minimum Gasteiger partial charge on any atom is -0.356 e. The Labute approximate surface area is 138 Å². The highest BCUT2D eigenvalue weighted by Gasteiger charge is 2.34. The van der Waals surface area contributed by atoms with Crippen LogP contribution in [0.3, 0.4) is 0 Å². The topological polar surface area (TPSA) is 58.2 Å². The van der Waals surface area contributed by atoms with Crippen molar-refractivity contribution in [2.75, 3.05) is 6.54 Å². The lowest BCUT2D eigenvalue weighted by atomic mass is 9.97. The molecular weight excluding hydrogens is 288 g/mol. The number of rotatable bonds is 8. The van der Waals surface area contributed by atoms with Gasteiger partial charge in [0.05, 0.1) is 6.04 Å². The smallest absolute Gasteiger partial charge is 0.223 e. The fraction of sp³-hybridized carbons (Fsp3) is 0.579. The summed E-state index contributed by atoms with van der Waals surface area (Å²) < 4.78 is 0. The van der Waals surface area contributed by atoms with Crippen molar-refractivity contribution >= 4 is 11.8 Å². The van der Waals surface area contributed by atoms with Gasteiger partial charge in [-0.2, -0.15) is 0 Å². The van der Waals surface area contributed by atoms with Crippen molar-refractivity contribution in [1.82, 2.24) is 10.6 Å². The van der Waals surface area contributed by atoms with Crippen LogP contribution in [0, 0.1) is 18.8 Å². The molecule has 0 aliphatic heterocycles. The van der Waals surface area contributed by atoms with Crippen LogP contribution in [0.25, 0.3) is 0 Å². The van der Waals surface area contributed by atoms with E-state index in [0.29, 0.717) is 25.3 Å². The molecule has 124 valence electrons. The first-order valence-electron chi connectivity index (χ1n) is 8.78. The van der Waals surface area contributed by atoms with Crippen molar-refractivity contribution in [3.05, 3.63) is 35.4 Å². The van der Waals surface area contributed by atoms with Gasteiger partial charge >= 0.3 is 0 Å². The van der Waals surface area contributed by atoms with Gasteiger partial charge in [0.1, 0.15) is 0 Å². The molecule has 2 N–H and O–H groups in total. The molecule has 2 saturated carbocycles. The lowest BCUT2D eigenvalue weighted by Gasteiger charge is -2.21. The fourth-order valence-electron chi connectivity index (χ4n) is 3.01. The van der Waals surface area contributed by atoms with Crippen LogP contribution in [0.5, 0.6) is 0 Å². The van der Waals surface area contributed by atoms with Crippen molar-refractivity contribution < 1.29 is 9.59 Å². The third-order valence-electron chi connectivity index (χ3n) is 4.76. The van der Waals surface area contributed by atoms with Gasteiger partial charge in [-0.1, -0.05) is 24.3 Å². The van der Waals surface area contributed by atoms with Gasteiger partial charge in [-0.05, 0) is 56.1 Å². The lowest BCUT2D eigenvalue weighted by Crippen LogP contribution is -2.31. The maximum absolute atomic E-state index is 12.2. The van der Waals surface area contributed by atoms with E-state index in [1.54, 1.807) is 0 Å². The number of carbonyl (C=O) groups excluding carboxylic acids is 2. The van der Waals surface area contributed by atoms with Gasteiger partial charge in [0.2, 0.25) is 11.8 Å². The Morgan fingerprint density at radius 1 is 1.17 bits per heavy atom. The Balaban J connectivity index is 1.45. The molecule has 0 spiro atoms. The SMILES string of the molecule is Cc1ccccc1C(NC(=O)CCCNC(=O)C1CC1)C1CC1. The molecule has 0 saturated heterocycles. The first kappa shape index (κ1) is 16.0. The standard InChI is InChI=1S/C19H26N2O2/c1-13-5-2-3-6-16(13)18(14-8-9-14)21-17(22)7-4-12-20-19(23)15-10-11-15/h2-3,5-6,14-15,18H,4,7-12H2,1H3,(H,20,23)(H,21,22). The summed E-state index contributed by atoms with van der Waals surface area (Å²) in [6.07, 6.45) is 5.60. The van der Waals surface area contributed by atoms with Gasteiger partial charge in [0, 0.05) is 18.9 Å². The van der Waals surface area contributed by atoms with Crippen molar-refractivity contribution in [3.63, 3.8) is 0 Å². The van der Waals surface area contributed by atoms with Gasteiger partial charge in [0.25, 0.3) is 0 Å². The molecule has 0 radical (unpaired) electrons. The van der Waals surface area contributed by atoms with E-state index in [0.717, 1.165) is 12.8 Å². The normalized spacial score (nSPS) is 18.3. The Bertz CT molecular complexity index is 576. The summed E-state index contributed by atoms with van der Waals surface area (Å²) in [5.74, 6) is 1.06. The van der Waals surface area contributed by atoms with Crippen molar-refractivity contribution in [2.24, 2.45) is 11.8 Å². The van der Waals surface area contributed by atoms with E-state index >= 15 is 0 Å². The molecular formula is C19H26N2O2. The summed E-state index contributed by atoms with van der Waals surface area (Å²) in [4.78, 5) is 23.8. The molecule has 2 aliphatic rings. The van der Waals surface area contributed by atoms with Crippen LogP contribution < -0.4 is 10.6 Å². The number of hydrogen-bond acceptors (Lipinski definition) is 2. The number of amides is 2. The molecule has 4 heteroatoms. The van der Waals surface area contributed by atoms with Crippen molar-refractivity contribution in [3.8, 4) is 0 Å². The maximum Gasteiger partial charge on any atom is 0.223 e. The molecule has 23 heavy (non-hydrogen) atoms. The second-order valence-corrected chi connectivity index (χ2v) is 6.91. The third-order valence-corrected chi connectivity index (χ3v) is 4.76. The molecule has 0 heterocycles. The van der Waals surface area contributed by atoms with Crippen LogP contribution >= 0.6 is 0 Å². The largest absolute Gasteiger partial charge is 0.356 e. The Morgan fingerprint density at radius 3 is 2.57 bits per heavy atom. The summed E-state index contributed by atoms with van der Waals surface area (Å²) in [6.45, 7) is 2.70. The summed E-state index contributed by atoms with van der Waals surface area (Å²) in [7, 11) is 0. The summed E-state index contributed by atoms with van der Waals surface area (Å²) in [5.41, 5.74) is 2.48. The number of carbonyl (C=O) groups is 2. The molecule has 4 nitrogen and oxygen atoms in total. The minimum absolute atomic E-state index is 0.0887. The molecule has 2 amide bonds. The Hall–Kier alpha value is -1.84. The van der Waals surface area contributed by atoms with Crippen LogP contribution in [-0.4, -0.2) is 18.4 Å². The van der Waals surface area contributed by atoms with Crippen LogP contribution in [0.2, 0.25) is 0 Å². The first-order valence-corrected chi connectivity index (χ1v) is 8.78. The highest BCUT2D eigenvalue weighted by molar-refractivity contribution is 5.81. The van der Waals surface area contributed by atoms with Gasteiger partial charge < -0.3 is 10.6 Å². The molecule has 0 bridgehead atoms. The van der Waals surface area contributed by atoms with E-state index < -0.39 is 0 Å². The summed E-state index contributed by atoms with van der Waals surface area (Å²) in [6, 6.07) is 8.44. The summed E-state index contributed by atoms with van der Waals surface area (Å²) >= 11 is 0. The zero-order valence-corrected chi connectivity index (χ0v) is 13.8. The van der Waals surface area contributed by atoms with Gasteiger partial charge in [0.15, 0.2) is 0 Å². The zero-order valence-electron chi connectivity index (χ0n) is 13.8. The summed E-state index contributed by atoms with van der Waals surface area (Å²) in [5, 5.41) is 6.12. The van der Waals surface area contributed by atoms with Crippen LogP contribution in [0.4, 0.5) is 0 Å². The predicted molar refractivity (Wildman–Crippen MR) is 89.8 cm³/mol. The predicted octanol–water partition coefficient (Wildman–Crippen LogP) is 2.87. The molecule has 1 aromatic rings. The van der Waals surface area contributed by atoms with E-state index in [1.807, 2.05) is 12.1 Å². The molecule has 3 rings (SSSR count). The zero-order chi connectivity index (χ0) is 16.2. The van der Waals surface area contributed by atoms with Gasteiger partial charge in [-0.3, -0.25) is 9.59 Å². The third kappa shape index (κ3) is 4.57. The quantitative estimate of drug-likeness (QED) is 0.725. The highest BCUT2D eigenvalue weighted by atomic mass is 16.2. The van der Waals surface area contributed by atoms with Crippen LogP contribution in [0.1, 0.15) is 55.7 Å². The second-order valence-electron chi connectivity index (χ2n) is 6.91. The second kappa shape index (κ2) is 7.16. The van der Waals surface area contributed by atoms with Crippen LogP contribution in [0.15, 0.2) is 24.3 Å². The molecule has 0 aromatic heterocycles. The van der Waals surface area contributed by atoms with Crippen LogP contribution in [-0.2, 0) is 9.59 Å². The maximum atomic E-state index is 12.2. The fourth-order valence-corrected chi connectivity index (χ4v) is 3.01. The molecule has 2 fully saturated rings.